The number of unbranched alkanes of at least 4 members (excludes halogenated alkanes) is 2. The van der Waals surface area contributed by atoms with Crippen molar-refractivity contribution in [3.63, 3.8) is 0 Å². The van der Waals surface area contributed by atoms with E-state index >= 15 is 4.79 Å². The fourth-order valence-electron chi connectivity index (χ4n) is 12.6. The van der Waals surface area contributed by atoms with Crippen molar-refractivity contribution in [1.29, 1.82) is 0 Å². The fourth-order valence-corrected chi connectivity index (χ4v) is 13.8. The second-order valence-electron chi connectivity index (χ2n) is 25.8. The number of carbonyl (C=O) groups excluding carboxylic acids is 8. The number of hydrogen-bond acceptors (Lipinski definition) is 28. The summed E-state index contributed by atoms with van der Waals surface area (Å²) in [6.07, 6.45) is -8.21. The second-order valence-corrected chi connectivity index (χ2v) is 27.2. The Labute approximate surface area is 605 Å². The topological polar surface area (TPSA) is 486 Å². The van der Waals surface area contributed by atoms with E-state index < -0.39 is 189 Å². The number of nitrogens with one attached hydrogen (secondary N) is 6. The van der Waals surface area contributed by atoms with E-state index in [9.17, 15) is 74.4 Å². The standard InChI is InChI=1S/C67H88N12O23S2/c1-5-25-99-67(95)68-22-19-49(84)52-65(94)78-32-35(2)55(85)54(78)62(92)69-31-42(81)29-45(59(89)72-51(36(3)80)64(93)77-33-43(82)30-47(77)60(90)74-53(61(91)73-52)57(87)56(86)40-15-18-48(83)50(28-40)100-104-102-101-96)70-58(88)38-11-9-37(10-12-38)46-34-79-66(71-46)103-63(75-79)39-13-16-41(17-14-39)76-23-20-44(21-24-76)98-27-8-6-7-26-97-4/h5,9-18,28,34-36,42-45,47,49,51-57,80-87,96H,1,6-8,19-27,29-33H2,2-4H3,(H,68,95)(H,69,92)(H,70,88)(H,72,89)(H,73,91)(H,74,90)/t35-,36+,42+,43+,45+,47+,49-,51+,52+,53+,54+,55+,56+,57+/m1/s1. The van der Waals surface area contributed by atoms with Crippen LogP contribution in [0.2, 0.25) is 0 Å². The highest BCUT2D eigenvalue weighted by Gasteiger charge is 2.50. The van der Waals surface area contributed by atoms with E-state index in [-0.39, 0.29) is 36.2 Å². The van der Waals surface area contributed by atoms with E-state index in [4.69, 9.17) is 33.7 Å². The molecule has 566 valence electrons. The zero-order valence-corrected chi connectivity index (χ0v) is 58.8. The summed E-state index contributed by atoms with van der Waals surface area (Å²) in [4.78, 5) is 124. The Morgan fingerprint density at radius 1 is 0.817 bits per heavy atom. The molecular weight excluding hydrogens is 1400 g/mol. The Kier molecular flexibility index (Phi) is 28.5. The molecule has 4 saturated heterocycles. The predicted molar refractivity (Wildman–Crippen MR) is 370 cm³/mol. The van der Waals surface area contributed by atoms with Crippen LogP contribution in [0, 0.1) is 5.92 Å². The van der Waals surface area contributed by atoms with Gasteiger partial charge in [0.05, 0.1) is 48.5 Å². The molecule has 0 aliphatic carbocycles. The molecule has 9 rings (SSSR count). The molecule has 0 bridgehead atoms. The second kappa shape index (κ2) is 37.3. The average Bonchev–Trinajstić information content (AvgIpc) is 1.64. The zero-order chi connectivity index (χ0) is 74.9. The van der Waals surface area contributed by atoms with Gasteiger partial charge in [-0.1, -0.05) is 58.5 Å². The molecular formula is C67H88N12O23S2. The van der Waals surface area contributed by atoms with Gasteiger partial charge in [0.15, 0.2) is 11.5 Å². The highest BCUT2D eigenvalue weighted by molar-refractivity contribution is 7.90. The maximum atomic E-state index is 15.0. The molecule has 4 fully saturated rings. The van der Waals surface area contributed by atoms with Crippen molar-refractivity contribution < 1.29 is 112 Å². The minimum absolute atomic E-state index is 0.00806. The van der Waals surface area contributed by atoms with Crippen molar-refractivity contribution in [2.75, 3.05) is 71.1 Å². The van der Waals surface area contributed by atoms with Crippen LogP contribution in [0.4, 0.5) is 10.5 Å². The molecule has 3 aromatic carbocycles. The van der Waals surface area contributed by atoms with E-state index in [1.54, 1.807) is 30.0 Å². The lowest BCUT2D eigenvalue weighted by Gasteiger charge is -2.34. The average molecular weight is 1490 g/mol. The number of fused-ring (bicyclic) bond motifs is 3. The molecule has 0 radical (unpaired) electrons. The number of methoxy groups -OCH3 is 1. The van der Waals surface area contributed by atoms with Crippen molar-refractivity contribution in [2.24, 2.45) is 5.92 Å². The third kappa shape index (κ3) is 20.2. The van der Waals surface area contributed by atoms with E-state index in [0.29, 0.717) is 16.2 Å². The van der Waals surface area contributed by atoms with Crippen LogP contribution in [0.15, 0.2) is 85.6 Å². The Balaban J connectivity index is 0.955. The van der Waals surface area contributed by atoms with E-state index in [2.05, 4.69) is 64.9 Å². The lowest BCUT2D eigenvalue weighted by Crippen LogP contribution is -2.64. The number of β-amino-alcohol motifs (C(OH)–C–C–N with tert-alkyl or cyclic N) is 1. The number of alkyl carbamates (subject to hydrolysis) is 1. The number of nitrogens with zero attached hydrogens (tertiary/aromatic N) is 6. The third-order valence-corrected chi connectivity index (χ3v) is 19.7. The Morgan fingerprint density at radius 2 is 1.51 bits per heavy atom. The van der Waals surface area contributed by atoms with Crippen LogP contribution in [-0.4, -0.2) is 263 Å². The highest BCUT2D eigenvalue weighted by Crippen LogP contribution is 2.35. The van der Waals surface area contributed by atoms with Gasteiger partial charge in [0.1, 0.15) is 60.1 Å². The minimum atomic E-state index is -2.52. The van der Waals surface area contributed by atoms with Crippen LogP contribution in [0.5, 0.6) is 11.5 Å². The molecule has 104 heavy (non-hydrogen) atoms. The maximum absolute atomic E-state index is 15.0. The number of hydrogen-bond donors (Lipinski definition) is 15. The molecule has 15 N–H and O–H groups in total. The summed E-state index contributed by atoms with van der Waals surface area (Å²) in [6.45, 7) is 6.83. The Hall–Kier alpha value is -8.67. The van der Waals surface area contributed by atoms with Crippen molar-refractivity contribution in [1.82, 2.24) is 56.3 Å². The number of aromatic nitrogens is 3. The third-order valence-electron chi connectivity index (χ3n) is 18.3. The first kappa shape index (κ1) is 79.4. The first-order valence-electron chi connectivity index (χ1n) is 33.8. The van der Waals surface area contributed by atoms with Crippen molar-refractivity contribution in [3.05, 3.63) is 96.7 Å². The molecule has 8 amide bonds. The number of amides is 8. The van der Waals surface area contributed by atoms with Crippen LogP contribution < -0.4 is 41.0 Å². The summed E-state index contributed by atoms with van der Waals surface area (Å²) in [5, 5.41) is 124. The van der Waals surface area contributed by atoms with Gasteiger partial charge >= 0.3 is 6.09 Å². The number of ether oxygens (including phenoxy) is 3. The van der Waals surface area contributed by atoms with Crippen LogP contribution in [0.1, 0.15) is 87.2 Å². The van der Waals surface area contributed by atoms with Gasteiger partial charge in [-0.3, -0.25) is 33.6 Å². The molecule has 37 heteroatoms. The smallest absolute Gasteiger partial charge is 0.407 e. The summed E-state index contributed by atoms with van der Waals surface area (Å²) >= 11 is 1.36. The van der Waals surface area contributed by atoms with Gasteiger partial charge < -0.3 is 106 Å². The van der Waals surface area contributed by atoms with Gasteiger partial charge in [0.2, 0.25) is 40.4 Å². The lowest BCUT2D eigenvalue weighted by molar-refractivity contribution is -0.433. The fraction of sp³-hybridized carbons (Fsp3) is 0.522. The number of imidazole rings is 1. The van der Waals surface area contributed by atoms with Gasteiger partial charge in [0.25, 0.3) is 18.2 Å². The van der Waals surface area contributed by atoms with E-state index in [0.717, 1.165) is 110 Å². The number of piperidine rings is 1. The van der Waals surface area contributed by atoms with Gasteiger partial charge in [-0.25, -0.2) is 19.6 Å². The number of phenolic OH excluding ortho intramolecular Hbond substituents is 1. The summed E-state index contributed by atoms with van der Waals surface area (Å²) in [5.74, 6) is -10.5. The summed E-state index contributed by atoms with van der Waals surface area (Å²) in [6, 6.07) is 5.09. The first-order chi connectivity index (χ1) is 49.9. The van der Waals surface area contributed by atoms with Gasteiger partial charge in [-0.2, -0.15) is 5.10 Å². The Bertz CT molecular complexity index is 3740. The number of anilines is 1. The largest absolute Gasteiger partial charge is 0.504 e. The van der Waals surface area contributed by atoms with E-state index in [1.807, 2.05) is 12.1 Å². The highest BCUT2D eigenvalue weighted by atomic mass is 32.2. The van der Waals surface area contributed by atoms with Crippen LogP contribution in [0.3, 0.4) is 0 Å². The molecule has 4 aliphatic rings. The monoisotopic (exact) mass is 1490 g/mol. The number of benzene rings is 3. The predicted octanol–water partition coefficient (Wildman–Crippen LogP) is -0.263. The molecule has 5 aromatic rings. The lowest BCUT2D eigenvalue weighted by atomic mass is 9.96. The van der Waals surface area contributed by atoms with Gasteiger partial charge in [0, 0.05) is 101 Å². The first-order valence-corrected chi connectivity index (χ1v) is 35.3. The molecule has 14 atom stereocenters. The molecule has 6 heterocycles. The number of phenols is 1. The summed E-state index contributed by atoms with van der Waals surface area (Å²) in [7, 11) is 1.71. The number of rotatable bonds is 26. The number of carbonyl (C=O) groups is 8. The van der Waals surface area contributed by atoms with Crippen LogP contribution in [-0.2, 0) is 52.3 Å². The quantitative estimate of drug-likeness (QED) is 0.0111. The summed E-state index contributed by atoms with van der Waals surface area (Å²) in [5.41, 5.74) is 2.75. The van der Waals surface area contributed by atoms with Gasteiger partial charge in [-0.15, -0.1) is 0 Å². The zero-order valence-electron chi connectivity index (χ0n) is 57.1. The molecule has 4 aliphatic heterocycles. The SMILES string of the molecule is C=CCOC(=O)NCC[C@@H](O)[C@@H]1NC(=O)[C@H]([C@H](O)[C@@H](O)c2ccc(O)c(OSOOO)c2)NC(=O)[C@@H]2C[C@H](O)CN2C(=O)[C@H]([C@H](C)O)NC(=O)[C@@H](NC(=O)c2ccc(-c3cn4nc(-c5ccc(N6CCC(OCCCCCOC)CC6)cc5)sc4n3)cc2)C[C@H](O)CNC(=O)[C@@H]2[C@@H](O)[C@H](C)CN2C1=O. The molecule has 2 aromatic heterocycles. The van der Waals surface area contributed by atoms with Gasteiger partial charge in [-0.05, 0) is 99.5 Å². The van der Waals surface area contributed by atoms with Crippen molar-refractivity contribution in [2.45, 2.75) is 150 Å². The molecule has 35 nitrogen and oxygen atoms in total. The number of aliphatic hydroxyl groups is 7. The van der Waals surface area contributed by atoms with Crippen LogP contribution >= 0.6 is 23.7 Å². The van der Waals surface area contributed by atoms with Crippen LogP contribution in [0.25, 0.3) is 26.8 Å². The van der Waals surface area contributed by atoms with Crippen molar-refractivity contribution in [3.8, 4) is 33.3 Å². The number of aliphatic hydroxyl groups excluding tert-OH is 7. The minimum Gasteiger partial charge on any atom is -0.504 e. The molecule has 0 unspecified atom stereocenters. The maximum Gasteiger partial charge on any atom is 0.407 e. The number of aromatic hydroxyl groups is 1. The van der Waals surface area contributed by atoms with Crippen molar-refractivity contribution >= 4 is 81.8 Å². The normalized spacial score (nSPS) is 24.6. The molecule has 0 saturated carbocycles. The van der Waals surface area contributed by atoms with E-state index in [1.165, 1.54) is 36.5 Å². The Morgan fingerprint density at radius 3 is 2.20 bits per heavy atom. The summed E-state index contributed by atoms with van der Waals surface area (Å²) < 4.78 is 27.1. The molecule has 0 spiro atoms.